The second-order valence-corrected chi connectivity index (χ2v) is 9.06. The van der Waals surface area contributed by atoms with Crippen molar-refractivity contribution in [2.45, 2.75) is 17.9 Å². The monoisotopic (exact) mass is 486 g/mol. The lowest BCUT2D eigenvalue weighted by molar-refractivity contribution is -0.141. The summed E-state index contributed by atoms with van der Waals surface area (Å²) in [6.07, 6.45) is -0.708. The number of alkyl halides is 2. The number of aliphatic carboxylic acids is 1. The van der Waals surface area contributed by atoms with Gasteiger partial charge in [0.25, 0.3) is 5.92 Å². The normalized spacial score (nSPS) is 25.9. The molecule has 1 saturated carbocycles. The van der Waals surface area contributed by atoms with E-state index in [-0.39, 0.29) is 25.7 Å². The van der Waals surface area contributed by atoms with Crippen molar-refractivity contribution in [2.75, 3.05) is 26.4 Å². The molecule has 35 heavy (non-hydrogen) atoms. The largest absolute Gasteiger partial charge is 0.481 e. The van der Waals surface area contributed by atoms with Gasteiger partial charge >= 0.3 is 12.1 Å². The zero-order valence-electron chi connectivity index (χ0n) is 18.6. The SMILES string of the molecule is O=C(NC1COCC1C(=O)NC[C@H]1[C@@H](C(=O)O)C1(F)F)OCC1c2ccccc2-c2ccccc21. The number of benzene rings is 2. The number of ether oxygens (including phenoxy) is 2. The third-order valence-corrected chi connectivity index (χ3v) is 7.03. The van der Waals surface area contributed by atoms with Gasteiger partial charge in [0.05, 0.1) is 31.1 Å². The van der Waals surface area contributed by atoms with Crippen LogP contribution in [0.15, 0.2) is 48.5 Å². The molecule has 2 aliphatic carbocycles. The minimum Gasteiger partial charge on any atom is -0.481 e. The lowest BCUT2D eigenvalue weighted by Crippen LogP contribution is -2.47. The van der Waals surface area contributed by atoms with Crippen LogP contribution in [0.1, 0.15) is 17.0 Å². The van der Waals surface area contributed by atoms with Crippen LogP contribution in [0.3, 0.4) is 0 Å². The van der Waals surface area contributed by atoms with E-state index in [1.54, 1.807) is 0 Å². The first-order chi connectivity index (χ1) is 16.8. The molecule has 5 rings (SSSR count). The van der Waals surface area contributed by atoms with E-state index in [1.165, 1.54) is 0 Å². The molecule has 10 heteroatoms. The first-order valence-electron chi connectivity index (χ1n) is 11.4. The highest BCUT2D eigenvalue weighted by Crippen LogP contribution is 2.55. The fraction of sp³-hybridized carbons (Fsp3) is 0.400. The van der Waals surface area contributed by atoms with Gasteiger partial charge in [0.2, 0.25) is 5.91 Å². The molecule has 2 fully saturated rings. The van der Waals surface area contributed by atoms with Crippen molar-refractivity contribution in [3.63, 3.8) is 0 Å². The molecule has 2 amide bonds. The summed E-state index contributed by atoms with van der Waals surface area (Å²) in [5, 5.41) is 13.9. The van der Waals surface area contributed by atoms with Crippen LogP contribution >= 0.6 is 0 Å². The molecule has 184 valence electrons. The summed E-state index contributed by atoms with van der Waals surface area (Å²) < 4.78 is 37.9. The Hall–Kier alpha value is -3.53. The van der Waals surface area contributed by atoms with Gasteiger partial charge in [0.15, 0.2) is 0 Å². The Labute approximate surface area is 199 Å². The molecule has 1 saturated heterocycles. The second kappa shape index (κ2) is 8.92. The fourth-order valence-corrected chi connectivity index (χ4v) is 5.07. The number of hydrogen-bond donors (Lipinski definition) is 3. The Morgan fingerprint density at radius 3 is 2.26 bits per heavy atom. The summed E-state index contributed by atoms with van der Waals surface area (Å²) in [5.74, 6) is -9.67. The highest BCUT2D eigenvalue weighted by molar-refractivity contribution is 5.82. The fourth-order valence-electron chi connectivity index (χ4n) is 5.07. The molecule has 2 aromatic carbocycles. The van der Waals surface area contributed by atoms with Crippen LogP contribution in [-0.4, -0.2) is 61.4 Å². The predicted molar refractivity (Wildman–Crippen MR) is 119 cm³/mol. The number of rotatable bonds is 7. The number of carboxylic acids is 1. The van der Waals surface area contributed by atoms with Gasteiger partial charge < -0.3 is 25.2 Å². The average molecular weight is 486 g/mol. The van der Waals surface area contributed by atoms with Gasteiger partial charge in [-0.3, -0.25) is 9.59 Å². The number of alkyl carbamates (subject to hydrolysis) is 1. The number of fused-ring (bicyclic) bond motifs is 3. The smallest absolute Gasteiger partial charge is 0.407 e. The summed E-state index contributed by atoms with van der Waals surface area (Å²) in [6.45, 7) is -0.280. The molecule has 1 heterocycles. The summed E-state index contributed by atoms with van der Waals surface area (Å²) >= 11 is 0. The van der Waals surface area contributed by atoms with Gasteiger partial charge in [-0.15, -0.1) is 0 Å². The maximum Gasteiger partial charge on any atom is 0.407 e. The van der Waals surface area contributed by atoms with Crippen LogP contribution in [0.4, 0.5) is 13.6 Å². The van der Waals surface area contributed by atoms with Gasteiger partial charge in [-0.25, -0.2) is 13.6 Å². The van der Waals surface area contributed by atoms with Crippen LogP contribution in [-0.2, 0) is 19.1 Å². The van der Waals surface area contributed by atoms with E-state index in [9.17, 15) is 23.2 Å². The first kappa shape index (κ1) is 23.2. The molecule has 0 bridgehead atoms. The molecule has 3 N–H and O–H groups in total. The number of amides is 2. The lowest BCUT2D eigenvalue weighted by Gasteiger charge is -2.20. The van der Waals surface area contributed by atoms with E-state index in [0.29, 0.717) is 0 Å². The van der Waals surface area contributed by atoms with Crippen LogP contribution in [0.5, 0.6) is 0 Å². The van der Waals surface area contributed by atoms with Gasteiger partial charge in [-0.2, -0.15) is 0 Å². The Morgan fingerprint density at radius 2 is 1.66 bits per heavy atom. The first-order valence-corrected chi connectivity index (χ1v) is 11.4. The Kier molecular flexibility index (Phi) is 5.92. The Morgan fingerprint density at radius 1 is 1.03 bits per heavy atom. The van der Waals surface area contributed by atoms with Gasteiger partial charge in [-0.1, -0.05) is 48.5 Å². The molecular formula is C25H24F2N2O6. The van der Waals surface area contributed by atoms with Crippen LogP contribution < -0.4 is 10.6 Å². The quantitative estimate of drug-likeness (QED) is 0.555. The average Bonchev–Trinajstić information content (AvgIpc) is 3.13. The van der Waals surface area contributed by atoms with Crippen molar-refractivity contribution in [2.24, 2.45) is 17.8 Å². The van der Waals surface area contributed by atoms with Crippen LogP contribution in [0.25, 0.3) is 11.1 Å². The minimum absolute atomic E-state index is 0.00355. The van der Waals surface area contributed by atoms with Crippen molar-refractivity contribution in [1.29, 1.82) is 0 Å². The lowest BCUT2D eigenvalue weighted by atomic mass is 9.98. The van der Waals surface area contributed by atoms with E-state index in [2.05, 4.69) is 10.6 Å². The van der Waals surface area contributed by atoms with Crippen molar-refractivity contribution in [1.82, 2.24) is 10.6 Å². The summed E-state index contributed by atoms with van der Waals surface area (Å²) in [5.41, 5.74) is 4.34. The molecular weight excluding hydrogens is 462 g/mol. The topological polar surface area (TPSA) is 114 Å². The Balaban J connectivity index is 1.15. The highest BCUT2D eigenvalue weighted by atomic mass is 19.3. The summed E-state index contributed by atoms with van der Waals surface area (Å²) in [4.78, 5) is 35.9. The third-order valence-electron chi connectivity index (χ3n) is 7.03. The van der Waals surface area contributed by atoms with Gasteiger partial charge in [0.1, 0.15) is 12.5 Å². The van der Waals surface area contributed by atoms with E-state index in [0.717, 1.165) is 22.3 Å². The molecule has 4 atom stereocenters. The number of carboxylic acid groups (broad SMARTS) is 1. The molecule has 0 spiro atoms. The minimum atomic E-state index is -3.34. The van der Waals surface area contributed by atoms with Crippen molar-refractivity contribution in [3.05, 3.63) is 59.7 Å². The number of hydrogen-bond acceptors (Lipinski definition) is 5. The van der Waals surface area contributed by atoms with Gasteiger partial charge in [0, 0.05) is 12.5 Å². The van der Waals surface area contributed by atoms with Crippen molar-refractivity contribution >= 4 is 18.0 Å². The summed E-state index contributed by atoms with van der Waals surface area (Å²) in [7, 11) is 0. The predicted octanol–water partition coefficient (Wildman–Crippen LogP) is 2.62. The van der Waals surface area contributed by atoms with Crippen molar-refractivity contribution in [3.8, 4) is 11.1 Å². The number of halogens is 2. The number of carbonyl (C=O) groups is 3. The molecule has 2 aromatic rings. The van der Waals surface area contributed by atoms with Crippen LogP contribution in [0.2, 0.25) is 0 Å². The second-order valence-electron chi connectivity index (χ2n) is 9.06. The van der Waals surface area contributed by atoms with E-state index in [1.807, 2.05) is 48.5 Å². The zero-order chi connectivity index (χ0) is 24.7. The maximum absolute atomic E-state index is 13.6. The van der Waals surface area contributed by atoms with Crippen LogP contribution in [0, 0.1) is 17.8 Å². The maximum atomic E-state index is 13.6. The standard InChI is InChI=1S/C25H24F2N2O6/c26-25(27)19(21(25)23(31)32)9-28-22(30)18-10-34-12-20(18)29-24(33)35-11-17-15-7-3-1-5-13(15)14-6-2-4-8-16(14)17/h1-8,17-21H,9-12H2,(H,28,30)(H,29,33)(H,31,32)/t18?,19-,20?,21-/m0/s1. The number of nitrogens with one attached hydrogen (secondary N) is 2. The van der Waals surface area contributed by atoms with E-state index in [4.69, 9.17) is 14.6 Å². The zero-order valence-corrected chi connectivity index (χ0v) is 18.6. The number of carbonyl (C=O) groups excluding carboxylic acids is 2. The highest BCUT2D eigenvalue weighted by Gasteiger charge is 2.72. The van der Waals surface area contributed by atoms with E-state index >= 15 is 0 Å². The van der Waals surface area contributed by atoms with E-state index < -0.39 is 54.2 Å². The molecule has 1 aliphatic heterocycles. The van der Waals surface area contributed by atoms with Crippen molar-refractivity contribution < 1.29 is 37.7 Å². The molecule has 3 aliphatic rings. The molecule has 0 radical (unpaired) electrons. The molecule has 2 unspecified atom stereocenters. The molecule has 0 aromatic heterocycles. The third kappa shape index (κ3) is 4.22. The van der Waals surface area contributed by atoms with Gasteiger partial charge in [-0.05, 0) is 22.3 Å². The summed E-state index contributed by atoms with van der Waals surface area (Å²) in [6, 6.07) is 15.2. The molecule has 8 nitrogen and oxygen atoms in total. The Bertz CT molecular complexity index is 1130.